The highest BCUT2D eigenvalue weighted by molar-refractivity contribution is 7.80. The molecule has 0 saturated heterocycles. The summed E-state index contributed by atoms with van der Waals surface area (Å²) in [6, 6.07) is 3.67. The van der Waals surface area contributed by atoms with E-state index in [1.165, 1.54) is 12.1 Å². The van der Waals surface area contributed by atoms with Crippen LogP contribution in [0, 0.1) is 20.2 Å². The second-order valence-corrected chi connectivity index (χ2v) is 5.47. The number of carbonyl (C=O) groups is 2. The van der Waals surface area contributed by atoms with Gasteiger partial charge in [-0.2, -0.15) is 0 Å². The van der Waals surface area contributed by atoms with E-state index in [1.54, 1.807) is 0 Å². The Hall–Kier alpha value is -3.75. The molecule has 1 unspecified atom stereocenters. The van der Waals surface area contributed by atoms with Crippen LogP contribution in [0.15, 0.2) is 18.2 Å². The number of nitrogens with zero attached hydrogens (tertiary/aromatic N) is 2. The van der Waals surface area contributed by atoms with Gasteiger partial charge in [-0.1, -0.05) is 12.2 Å². The Morgan fingerprint density at radius 3 is 2.46 bits per heavy atom. The lowest BCUT2D eigenvalue weighted by molar-refractivity contribution is -0.789. The van der Waals surface area contributed by atoms with E-state index in [0.29, 0.717) is 0 Å². The van der Waals surface area contributed by atoms with E-state index in [0.717, 1.165) is 6.07 Å². The predicted molar refractivity (Wildman–Crippen MR) is 93.0 cm³/mol. The minimum Gasteiger partial charge on any atom is -0.455 e. The normalized spacial score (nSPS) is 11.0. The number of nitrogen functional groups attached to an aromatic ring is 1. The molecule has 14 nitrogen and oxygen atoms in total. The zero-order chi connectivity index (χ0) is 21.3. The number of ether oxygens (including phenoxy) is 2. The molecule has 1 atom stereocenters. The van der Waals surface area contributed by atoms with Crippen LogP contribution in [-0.2, 0) is 19.2 Å². The van der Waals surface area contributed by atoms with E-state index in [4.69, 9.17) is 20.9 Å². The fourth-order valence-corrected chi connectivity index (χ4v) is 1.81. The Kier molecular flexibility index (Phi) is 8.29. The molecule has 4 N–H and O–H groups in total. The monoisotopic (exact) mass is 418 g/mol. The standard InChI is InChI=1S/C13H14N4O10S/c14-7-1-2-9(13(19)24-6-11(15)28)10(3-7)26-12(18)4-8(27-17(22)23)5-25-16(20)21/h1-3,8H,4-6,14H2,(H2,15,28). The number of carbonyl (C=O) groups excluding carboxylic acids is 2. The van der Waals surface area contributed by atoms with Crippen LogP contribution >= 0.6 is 12.2 Å². The maximum atomic E-state index is 12.0. The molecule has 0 aliphatic heterocycles. The van der Waals surface area contributed by atoms with E-state index < -0.39 is 41.2 Å². The average molecular weight is 418 g/mol. The lowest BCUT2D eigenvalue weighted by Gasteiger charge is -2.14. The third kappa shape index (κ3) is 8.09. The molecule has 1 aromatic carbocycles. The first-order chi connectivity index (χ1) is 13.1. The summed E-state index contributed by atoms with van der Waals surface area (Å²) in [5.74, 6) is -2.36. The van der Waals surface area contributed by atoms with E-state index in [-0.39, 0.29) is 28.6 Å². The Balaban J connectivity index is 2.89. The molecular weight excluding hydrogens is 404 g/mol. The molecule has 0 aliphatic rings. The lowest BCUT2D eigenvalue weighted by Crippen LogP contribution is -2.29. The van der Waals surface area contributed by atoms with Gasteiger partial charge in [0.25, 0.3) is 10.2 Å². The minimum absolute atomic E-state index is 0.0899. The van der Waals surface area contributed by atoms with Gasteiger partial charge in [-0.25, -0.2) is 4.79 Å². The molecule has 0 amide bonds. The van der Waals surface area contributed by atoms with Gasteiger partial charge in [-0.05, 0) is 12.1 Å². The van der Waals surface area contributed by atoms with E-state index >= 15 is 0 Å². The van der Waals surface area contributed by atoms with Crippen molar-refractivity contribution in [3.05, 3.63) is 44.0 Å². The second kappa shape index (κ2) is 10.4. The summed E-state index contributed by atoms with van der Waals surface area (Å²) >= 11 is 4.58. The van der Waals surface area contributed by atoms with Gasteiger partial charge in [-0.15, -0.1) is 20.2 Å². The summed E-state index contributed by atoms with van der Waals surface area (Å²) in [7, 11) is 0. The molecule has 1 rings (SSSR count). The molecule has 0 heterocycles. The highest BCUT2D eigenvalue weighted by Gasteiger charge is 2.23. The van der Waals surface area contributed by atoms with Gasteiger partial charge in [0.2, 0.25) is 0 Å². The third-order valence-electron chi connectivity index (χ3n) is 2.79. The zero-order valence-electron chi connectivity index (χ0n) is 14.0. The van der Waals surface area contributed by atoms with Gasteiger partial charge in [0.1, 0.15) is 35.6 Å². The van der Waals surface area contributed by atoms with Crippen molar-refractivity contribution in [1.82, 2.24) is 0 Å². The van der Waals surface area contributed by atoms with Crippen LogP contribution in [0.4, 0.5) is 5.69 Å². The maximum absolute atomic E-state index is 12.0. The Morgan fingerprint density at radius 1 is 1.21 bits per heavy atom. The van der Waals surface area contributed by atoms with Crippen LogP contribution in [0.5, 0.6) is 5.75 Å². The number of nitrogens with two attached hydrogens (primary N) is 2. The van der Waals surface area contributed by atoms with Crippen molar-refractivity contribution in [3.8, 4) is 5.75 Å². The minimum atomic E-state index is -1.63. The number of anilines is 1. The first kappa shape index (κ1) is 22.3. The van der Waals surface area contributed by atoms with Crippen LogP contribution < -0.4 is 16.2 Å². The first-order valence-corrected chi connectivity index (χ1v) is 7.63. The summed E-state index contributed by atoms with van der Waals surface area (Å²) < 4.78 is 9.77. The smallest absolute Gasteiger partial charge is 0.342 e. The first-order valence-electron chi connectivity index (χ1n) is 7.22. The zero-order valence-corrected chi connectivity index (χ0v) is 14.8. The number of thiocarbonyl (C=S) groups is 1. The van der Waals surface area contributed by atoms with Crippen molar-refractivity contribution in [2.45, 2.75) is 12.5 Å². The van der Waals surface area contributed by atoms with Crippen molar-refractivity contribution in [3.63, 3.8) is 0 Å². The van der Waals surface area contributed by atoms with Crippen molar-refractivity contribution < 1.29 is 38.9 Å². The van der Waals surface area contributed by atoms with Gasteiger partial charge in [-0.3, -0.25) is 4.79 Å². The number of rotatable bonds is 11. The number of hydrogen-bond acceptors (Lipinski definition) is 12. The molecule has 0 fully saturated rings. The Morgan fingerprint density at radius 2 is 1.89 bits per heavy atom. The average Bonchev–Trinajstić information content (AvgIpc) is 2.57. The van der Waals surface area contributed by atoms with Gasteiger partial charge in [0.15, 0.2) is 0 Å². The summed E-state index contributed by atoms with van der Waals surface area (Å²) in [6.07, 6.45) is -2.43. The Bertz CT molecular complexity index is 787. The quantitative estimate of drug-likeness (QED) is 0.119. The van der Waals surface area contributed by atoms with Crippen LogP contribution in [0.1, 0.15) is 16.8 Å². The largest absolute Gasteiger partial charge is 0.455 e. The van der Waals surface area contributed by atoms with Gasteiger partial charge < -0.3 is 30.6 Å². The molecule has 15 heteroatoms. The summed E-state index contributed by atoms with van der Waals surface area (Å²) in [4.78, 5) is 52.6. The molecule has 0 saturated carbocycles. The fraction of sp³-hybridized carbons (Fsp3) is 0.308. The molecule has 0 aliphatic carbocycles. The van der Waals surface area contributed by atoms with Crippen LogP contribution in [0.3, 0.4) is 0 Å². The van der Waals surface area contributed by atoms with Crippen LogP contribution in [0.2, 0.25) is 0 Å². The molecule has 0 spiro atoms. The molecular formula is C13H14N4O10S. The van der Waals surface area contributed by atoms with Crippen LogP contribution in [-0.4, -0.2) is 46.4 Å². The van der Waals surface area contributed by atoms with Gasteiger partial charge >= 0.3 is 11.9 Å². The van der Waals surface area contributed by atoms with E-state index in [1.807, 2.05) is 0 Å². The fourth-order valence-electron chi connectivity index (χ4n) is 1.75. The molecule has 0 bridgehead atoms. The number of benzene rings is 1. The molecule has 0 radical (unpaired) electrons. The van der Waals surface area contributed by atoms with Crippen LogP contribution in [0.25, 0.3) is 0 Å². The lowest BCUT2D eigenvalue weighted by atomic mass is 10.2. The molecule has 28 heavy (non-hydrogen) atoms. The summed E-state index contributed by atoms with van der Waals surface area (Å²) in [5, 5.41) is 18.1. The Labute approximate surface area is 161 Å². The second-order valence-electron chi connectivity index (χ2n) is 4.95. The maximum Gasteiger partial charge on any atom is 0.342 e. The van der Waals surface area contributed by atoms with Crippen molar-refractivity contribution >= 4 is 34.8 Å². The van der Waals surface area contributed by atoms with E-state index in [2.05, 4.69) is 21.9 Å². The number of esters is 2. The molecule has 1 aromatic rings. The predicted octanol–water partition coefficient (Wildman–Crippen LogP) is -0.208. The molecule has 0 aromatic heterocycles. The summed E-state index contributed by atoms with van der Waals surface area (Å²) in [5.41, 5.74) is 10.7. The highest BCUT2D eigenvalue weighted by Crippen LogP contribution is 2.23. The molecule has 152 valence electrons. The van der Waals surface area contributed by atoms with Gasteiger partial charge in [0.05, 0.1) is 6.42 Å². The topological polar surface area (TPSA) is 209 Å². The third-order valence-corrected chi connectivity index (χ3v) is 2.91. The van der Waals surface area contributed by atoms with Crippen molar-refractivity contribution in [2.24, 2.45) is 5.73 Å². The SMILES string of the molecule is NC(=S)COC(=O)c1ccc(N)cc1OC(=O)CC(CO[N+](=O)[O-])O[N+](=O)[O-]. The van der Waals surface area contributed by atoms with E-state index in [9.17, 15) is 29.8 Å². The summed E-state index contributed by atoms with van der Waals surface area (Å²) in [6.45, 7) is -1.26. The van der Waals surface area contributed by atoms with Gasteiger partial charge in [0, 0.05) is 11.8 Å². The highest BCUT2D eigenvalue weighted by atomic mass is 32.1. The van der Waals surface area contributed by atoms with Crippen molar-refractivity contribution in [1.29, 1.82) is 0 Å². The van der Waals surface area contributed by atoms with Crippen molar-refractivity contribution in [2.75, 3.05) is 18.9 Å². The number of hydrogen-bond donors (Lipinski definition) is 2.